The third-order valence-corrected chi connectivity index (χ3v) is 10.4. The molecule has 0 saturated carbocycles. The summed E-state index contributed by atoms with van der Waals surface area (Å²) < 4.78 is 22.7. The number of unbranched alkanes of at least 4 members (excludes halogenated alkanes) is 13. The van der Waals surface area contributed by atoms with Gasteiger partial charge in [0.25, 0.3) is 0 Å². The summed E-state index contributed by atoms with van der Waals surface area (Å²) in [6, 6.07) is 0. The fraction of sp³-hybridized carbons (Fsp3) is 0.932. The van der Waals surface area contributed by atoms with Crippen LogP contribution in [-0.4, -0.2) is 93.1 Å². The molecule has 314 valence electrons. The van der Waals surface area contributed by atoms with E-state index in [4.69, 9.17) is 18.9 Å². The number of ether oxygens (including phenoxy) is 4. The number of hydrogen-bond acceptors (Lipinski definition) is 9. The minimum absolute atomic E-state index is 0.130. The zero-order valence-electron chi connectivity index (χ0n) is 35.7. The Morgan fingerprint density at radius 3 is 1.51 bits per heavy atom. The Balaban J connectivity index is 4.83. The van der Waals surface area contributed by atoms with Gasteiger partial charge < -0.3 is 23.8 Å². The molecule has 0 amide bonds. The highest BCUT2D eigenvalue weighted by atomic mass is 16.7. The first-order valence-electron chi connectivity index (χ1n) is 22.4. The van der Waals surface area contributed by atoms with E-state index in [2.05, 4.69) is 51.3 Å². The van der Waals surface area contributed by atoms with E-state index in [1.807, 2.05) is 0 Å². The minimum Gasteiger partial charge on any atom is -0.465 e. The summed E-state index contributed by atoms with van der Waals surface area (Å²) >= 11 is 0. The van der Waals surface area contributed by atoms with Gasteiger partial charge in [0.15, 0.2) is 0 Å². The highest BCUT2D eigenvalue weighted by Crippen LogP contribution is 2.20. The van der Waals surface area contributed by atoms with E-state index in [1.165, 1.54) is 70.6 Å². The van der Waals surface area contributed by atoms with E-state index in [0.29, 0.717) is 57.9 Å². The number of esters is 2. The second-order valence-electron chi connectivity index (χ2n) is 15.1. The second-order valence-corrected chi connectivity index (χ2v) is 15.1. The molecule has 0 aliphatic carbocycles. The van der Waals surface area contributed by atoms with Crippen molar-refractivity contribution in [3.05, 3.63) is 0 Å². The maximum absolute atomic E-state index is 12.8. The predicted octanol–water partition coefficient (Wildman–Crippen LogP) is 11.3. The first-order valence-corrected chi connectivity index (χ1v) is 22.4. The number of rotatable bonds is 39. The number of carbonyl (C=O) groups excluding carboxylic acids is 3. The van der Waals surface area contributed by atoms with Crippen LogP contribution in [0.2, 0.25) is 0 Å². The third kappa shape index (κ3) is 33.2. The van der Waals surface area contributed by atoms with E-state index in [1.54, 1.807) is 0 Å². The average Bonchev–Trinajstić information content (AvgIpc) is 3.15. The van der Waals surface area contributed by atoms with Crippen molar-refractivity contribution in [2.75, 3.05) is 59.1 Å². The standard InChI is InChI=1S/C44H86N2O7/c1-7-13-17-19-20-21-25-31-42(47)50-37-35-46(34-33-45(11-5)12-6)36-38-51-44(49)53-41(29-24-18-14-8-2)30-26-32-43(48)52-39-40(27-22-15-9-3)28-23-16-10-4/h40-41H,7-39H2,1-6H3. The first-order chi connectivity index (χ1) is 25.8. The van der Waals surface area contributed by atoms with Crippen LogP contribution in [0.25, 0.3) is 0 Å². The zero-order chi connectivity index (χ0) is 39.2. The smallest absolute Gasteiger partial charge is 0.465 e. The largest absolute Gasteiger partial charge is 0.508 e. The van der Waals surface area contributed by atoms with Crippen molar-refractivity contribution in [1.29, 1.82) is 0 Å². The predicted molar refractivity (Wildman–Crippen MR) is 219 cm³/mol. The summed E-state index contributed by atoms with van der Waals surface area (Å²) in [7, 11) is 0. The summed E-state index contributed by atoms with van der Waals surface area (Å²) in [6.07, 6.45) is 23.9. The number of carbonyl (C=O) groups is 3. The number of likely N-dealkylation sites (N-methyl/N-ethyl adjacent to an activating group) is 1. The van der Waals surface area contributed by atoms with Gasteiger partial charge in [-0.1, -0.05) is 138 Å². The lowest BCUT2D eigenvalue weighted by atomic mass is 9.96. The van der Waals surface area contributed by atoms with E-state index in [0.717, 1.165) is 84.0 Å². The average molecular weight is 755 g/mol. The van der Waals surface area contributed by atoms with Gasteiger partial charge in [-0.05, 0) is 64.0 Å². The molecule has 0 rings (SSSR count). The monoisotopic (exact) mass is 755 g/mol. The van der Waals surface area contributed by atoms with Gasteiger partial charge in [0.2, 0.25) is 0 Å². The molecule has 0 N–H and O–H groups in total. The van der Waals surface area contributed by atoms with Crippen LogP contribution >= 0.6 is 0 Å². The molecule has 0 aromatic carbocycles. The molecule has 0 radical (unpaired) electrons. The molecule has 0 aliphatic rings. The van der Waals surface area contributed by atoms with Gasteiger partial charge in [0.05, 0.1) is 6.61 Å². The Bertz CT molecular complexity index is 829. The van der Waals surface area contributed by atoms with Crippen molar-refractivity contribution in [1.82, 2.24) is 9.80 Å². The molecule has 0 aliphatic heterocycles. The van der Waals surface area contributed by atoms with Crippen LogP contribution in [-0.2, 0) is 28.5 Å². The first kappa shape index (κ1) is 51.1. The van der Waals surface area contributed by atoms with Crippen LogP contribution in [0.5, 0.6) is 0 Å². The molecule has 1 unspecified atom stereocenters. The van der Waals surface area contributed by atoms with Crippen molar-refractivity contribution in [2.45, 2.75) is 202 Å². The van der Waals surface area contributed by atoms with Crippen LogP contribution in [0.3, 0.4) is 0 Å². The van der Waals surface area contributed by atoms with Crippen LogP contribution < -0.4 is 0 Å². The van der Waals surface area contributed by atoms with Crippen molar-refractivity contribution >= 4 is 18.1 Å². The maximum atomic E-state index is 12.8. The van der Waals surface area contributed by atoms with Gasteiger partial charge in [-0.3, -0.25) is 14.5 Å². The summed E-state index contributed by atoms with van der Waals surface area (Å²) in [6.45, 7) is 19.0. The van der Waals surface area contributed by atoms with E-state index < -0.39 is 6.16 Å². The van der Waals surface area contributed by atoms with Gasteiger partial charge >= 0.3 is 18.1 Å². The molecule has 0 aromatic heterocycles. The molecule has 0 heterocycles. The summed E-state index contributed by atoms with van der Waals surface area (Å²) in [5, 5.41) is 0. The Kier molecular flexibility index (Phi) is 37.1. The molecule has 1 atom stereocenters. The molecule has 0 spiro atoms. The molecular weight excluding hydrogens is 668 g/mol. The number of hydrogen-bond donors (Lipinski definition) is 0. The van der Waals surface area contributed by atoms with Crippen molar-refractivity contribution in [2.24, 2.45) is 5.92 Å². The quantitative estimate of drug-likeness (QED) is 0.0345. The fourth-order valence-electron chi connectivity index (χ4n) is 6.67. The number of nitrogens with zero attached hydrogens (tertiary/aromatic N) is 2. The molecule has 9 nitrogen and oxygen atoms in total. The Morgan fingerprint density at radius 2 is 0.906 bits per heavy atom. The molecule has 0 aromatic rings. The highest BCUT2D eigenvalue weighted by Gasteiger charge is 2.18. The van der Waals surface area contributed by atoms with Crippen LogP contribution in [0.4, 0.5) is 4.79 Å². The lowest BCUT2D eigenvalue weighted by Crippen LogP contribution is -2.39. The van der Waals surface area contributed by atoms with Crippen LogP contribution in [0, 0.1) is 5.92 Å². The van der Waals surface area contributed by atoms with Gasteiger partial charge in [0.1, 0.15) is 19.3 Å². The molecule has 0 saturated heterocycles. The van der Waals surface area contributed by atoms with Crippen molar-refractivity contribution in [3.63, 3.8) is 0 Å². The van der Waals surface area contributed by atoms with Crippen LogP contribution in [0.1, 0.15) is 196 Å². The fourth-order valence-corrected chi connectivity index (χ4v) is 6.67. The lowest BCUT2D eigenvalue weighted by Gasteiger charge is -2.26. The topological polar surface area (TPSA) is 94.6 Å². The molecule has 53 heavy (non-hydrogen) atoms. The van der Waals surface area contributed by atoms with Crippen LogP contribution in [0.15, 0.2) is 0 Å². The Morgan fingerprint density at radius 1 is 0.453 bits per heavy atom. The van der Waals surface area contributed by atoms with Crippen molar-refractivity contribution in [3.8, 4) is 0 Å². The molecule has 0 fully saturated rings. The van der Waals surface area contributed by atoms with Gasteiger partial charge in [-0.15, -0.1) is 0 Å². The Labute approximate surface area is 327 Å². The van der Waals surface area contributed by atoms with E-state index in [9.17, 15) is 14.4 Å². The molecule has 9 heteroatoms. The summed E-state index contributed by atoms with van der Waals surface area (Å²) in [5.74, 6) is 0.167. The van der Waals surface area contributed by atoms with Gasteiger partial charge in [0, 0.05) is 39.0 Å². The normalized spacial score (nSPS) is 12.1. The second kappa shape index (κ2) is 38.4. The van der Waals surface area contributed by atoms with Crippen molar-refractivity contribution < 1.29 is 33.3 Å². The van der Waals surface area contributed by atoms with E-state index in [-0.39, 0.29) is 24.6 Å². The highest BCUT2D eigenvalue weighted by molar-refractivity contribution is 5.69. The van der Waals surface area contributed by atoms with Gasteiger partial charge in [-0.25, -0.2) is 4.79 Å². The summed E-state index contributed by atoms with van der Waals surface area (Å²) in [4.78, 5) is 42.4. The maximum Gasteiger partial charge on any atom is 0.508 e. The SMILES string of the molecule is CCCCCCCCCC(=O)OCCN(CCOC(=O)OC(CCCCCC)CCCC(=O)OCC(CCCCC)CCCCC)CCN(CC)CC. The van der Waals surface area contributed by atoms with Gasteiger partial charge in [-0.2, -0.15) is 0 Å². The lowest BCUT2D eigenvalue weighted by molar-refractivity contribution is -0.145. The Hall–Kier alpha value is -1.87. The third-order valence-electron chi connectivity index (χ3n) is 10.4. The minimum atomic E-state index is -0.653. The zero-order valence-corrected chi connectivity index (χ0v) is 35.7. The summed E-state index contributed by atoms with van der Waals surface area (Å²) in [5.41, 5.74) is 0. The molecule has 0 bridgehead atoms. The van der Waals surface area contributed by atoms with E-state index >= 15 is 0 Å². The molecular formula is C44H86N2O7.